The normalized spacial score (nSPS) is 31.6. The minimum absolute atomic E-state index is 0.0664. The molecule has 1 heterocycles. The zero-order chi connectivity index (χ0) is 19.6. The summed E-state index contributed by atoms with van der Waals surface area (Å²) in [6.45, 7) is 0.174. The summed E-state index contributed by atoms with van der Waals surface area (Å²) in [5.41, 5.74) is 5.77. The molecule has 148 valence electrons. The largest absolute Gasteiger partial charge is 0.508 e. The lowest BCUT2D eigenvalue weighted by atomic mass is 9.47. The van der Waals surface area contributed by atoms with Crippen molar-refractivity contribution in [2.24, 2.45) is 17.8 Å². The molecule has 4 aliphatic carbocycles. The van der Waals surface area contributed by atoms with Gasteiger partial charge in [0.1, 0.15) is 5.75 Å². The smallest absolute Gasteiger partial charge is 0.313 e. The van der Waals surface area contributed by atoms with Crippen LogP contribution in [0.3, 0.4) is 0 Å². The van der Waals surface area contributed by atoms with Crippen LogP contribution >= 0.6 is 0 Å². The highest BCUT2D eigenvalue weighted by molar-refractivity contribution is 6.81. The Morgan fingerprint density at radius 1 is 0.966 bits per heavy atom. The number of benzene rings is 2. The second kappa shape index (κ2) is 6.40. The third-order valence-electron chi connectivity index (χ3n) is 8.07. The molecule has 2 aromatic carbocycles. The number of rotatable bonds is 3. The summed E-state index contributed by atoms with van der Waals surface area (Å²) in [6, 6.07) is 12.3. The highest BCUT2D eigenvalue weighted by atomic mass is 16.3. The van der Waals surface area contributed by atoms with Crippen molar-refractivity contribution in [2.45, 2.75) is 50.5 Å². The molecule has 0 spiro atoms. The molecular formula is C25H28BNO2. The van der Waals surface area contributed by atoms with Crippen molar-refractivity contribution in [3.63, 3.8) is 0 Å². The van der Waals surface area contributed by atoms with E-state index in [1.807, 2.05) is 18.2 Å². The molecule has 0 atom stereocenters. The average molecular weight is 385 g/mol. The number of aliphatic hydroxyl groups excluding tert-OH is 1. The van der Waals surface area contributed by atoms with E-state index in [1.54, 1.807) is 0 Å². The molecule has 7 rings (SSSR count). The van der Waals surface area contributed by atoms with Gasteiger partial charge in [-0.1, -0.05) is 35.7 Å². The first-order valence-corrected chi connectivity index (χ1v) is 11.1. The minimum atomic E-state index is 0.0664. The molecule has 4 bridgehead atoms. The predicted molar refractivity (Wildman–Crippen MR) is 118 cm³/mol. The number of aliphatic hydroxyl groups is 1. The van der Waals surface area contributed by atoms with E-state index in [-0.39, 0.29) is 18.9 Å². The van der Waals surface area contributed by atoms with Crippen molar-refractivity contribution >= 4 is 24.1 Å². The first kappa shape index (κ1) is 17.6. The van der Waals surface area contributed by atoms with Crippen LogP contribution in [0.25, 0.3) is 6.08 Å². The molecule has 5 aliphatic rings. The first-order valence-electron chi connectivity index (χ1n) is 11.1. The van der Waals surface area contributed by atoms with Crippen molar-refractivity contribution in [2.75, 3.05) is 5.23 Å². The van der Waals surface area contributed by atoms with Gasteiger partial charge in [0.05, 0.1) is 6.61 Å². The third-order valence-corrected chi connectivity index (χ3v) is 8.07. The summed E-state index contributed by atoms with van der Waals surface area (Å²) in [5, 5.41) is 23.9. The van der Waals surface area contributed by atoms with Crippen LogP contribution in [-0.2, 0) is 12.0 Å². The lowest BCUT2D eigenvalue weighted by molar-refractivity contribution is -0.00609. The van der Waals surface area contributed by atoms with E-state index in [1.165, 1.54) is 49.6 Å². The van der Waals surface area contributed by atoms with Gasteiger partial charge in [0, 0.05) is 5.69 Å². The van der Waals surface area contributed by atoms with E-state index in [2.05, 4.69) is 35.5 Å². The SMILES string of the molecule is OCc1ccc2c(c1)C=CB(c1ccc(O)c(C34CC5CC(CC(C5)C3)C4)c1)N2. The Hall–Kier alpha value is -2.20. The Bertz CT molecular complexity index is 963. The molecule has 3 N–H and O–H groups in total. The second-order valence-electron chi connectivity index (χ2n) is 10.0. The van der Waals surface area contributed by atoms with Crippen LogP contribution in [0.4, 0.5) is 5.69 Å². The fourth-order valence-corrected chi connectivity index (χ4v) is 7.20. The zero-order valence-corrected chi connectivity index (χ0v) is 16.8. The molecule has 0 aromatic heterocycles. The third kappa shape index (κ3) is 2.84. The van der Waals surface area contributed by atoms with Crippen LogP contribution < -0.4 is 10.7 Å². The molecule has 4 saturated carbocycles. The fraction of sp³-hybridized carbons (Fsp3) is 0.440. The summed E-state index contributed by atoms with van der Waals surface area (Å²) in [6.07, 6.45) is 10.2. The van der Waals surface area contributed by atoms with Crippen molar-refractivity contribution in [3.05, 3.63) is 59.1 Å². The van der Waals surface area contributed by atoms with Gasteiger partial charge in [-0.15, -0.1) is 0 Å². The highest BCUT2D eigenvalue weighted by Gasteiger charge is 2.52. The van der Waals surface area contributed by atoms with Crippen molar-refractivity contribution in [3.8, 4) is 5.75 Å². The molecule has 3 nitrogen and oxygen atoms in total. The highest BCUT2D eigenvalue weighted by Crippen LogP contribution is 2.61. The number of nitrogens with one attached hydrogen (secondary N) is 1. The molecule has 29 heavy (non-hydrogen) atoms. The Morgan fingerprint density at radius 2 is 1.69 bits per heavy atom. The van der Waals surface area contributed by atoms with Crippen LogP contribution in [0, 0.1) is 17.8 Å². The summed E-state index contributed by atoms with van der Waals surface area (Å²) in [4.78, 5) is 0. The van der Waals surface area contributed by atoms with Gasteiger partial charge in [-0.05, 0) is 96.6 Å². The molecule has 0 radical (unpaired) electrons. The maximum absolute atomic E-state index is 10.8. The standard InChI is InChI=1S/C25H28BNO2/c28-15-16-1-3-23-20(10-16)5-6-26(27-23)21-2-4-24(29)22(11-21)25-12-17-7-18(13-25)9-19(8-17)14-25/h1-6,10-11,17-19,27-29H,7-9,12-15H2. The zero-order valence-electron chi connectivity index (χ0n) is 16.8. The molecule has 4 heteroatoms. The number of aromatic hydroxyl groups is 1. The molecular weight excluding hydrogens is 357 g/mol. The van der Waals surface area contributed by atoms with Gasteiger partial charge in [0.15, 0.2) is 0 Å². The molecule has 0 amide bonds. The average Bonchev–Trinajstić information content (AvgIpc) is 2.72. The lowest BCUT2D eigenvalue weighted by Crippen LogP contribution is -2.49. The van der Waals surface area contributed by atoms with Gasteiger partial charge in [-0.3, -0.25) is 0 Å². The lowest BCUT2D eigenvalue weighted by Gasteiger charge is -2.57. The van der Waals surface area contributed by atoms with Gasteiger partial charge in [-0.2, -0.15) is 0 Å². The molecule has 4 fully saturated rings. The number of phenolic OH excluding ortho intramolecular Hbond substituents is 1. The Kier molecular flexibility index (Phi) is 3.89. The van der Waals surface area contributed by atoms with Gasteiger partial charge in [0.2, 0.25) is 0 Å². The van der Waals surface area contributed by atoms with Crippen molar-refractivity contribution < 1.29 is 10.2 Å². The van der Waals surface area contributed by atoms with Crippen LogP contribution in [0.2, 0.25) is 0 Å². The van der Waals surface area contributed by atoms with Crippen LogP contribution in [0.15, 0.2) is 42.4 Å². The number of hydrogen-bond donors (Lipinski definition) is 3. The molecule has 1 aliphatic heterocycles. The van der Waals surface area contributed by atoms with E-state index in [9.17, 15) is 10.2 Å². The first-order chi connectivity index (χ1) is 14.1. The maximum atomic E-state index is 10.8. The van der Waals surface area contributed by atoms with Crippen molar-refractivity contribution in [1.82, 2.24) is 0 Å². The molecule has 2 aromatic rings. The number of hydrogen-bond acceptors (Lipinski definition) is 3. The Morgan fingerprint density at radius 3 is 2.38 bits per heavy atom. The monoisotopic (exact) mass is 385 g/mol. The maximum Gasteiger partial charge on any atom is 0.313 e. The predicted octanol–water partition coefficient (Wildman–Crippen LogP) is 4.23. The summed E-state index contributed by atoms with van der Waals surface area (Å²) in [7, 11) is 0. The number of phenols is 1. The van der Waals surface area contributed by atoms with Gasteiger partial charge in [0.25, 0.3) is 0 Å². The van der Waals surface area contributed by atoms with E-state index in [0.29, 0.717) is 5.75 Å². The Balaban J connectivity index is 1.34. The number of anilines is 1. The summed E-state index contributed by atoms with van der Waals surface area (Å²) < 4.78 is 0. The quantitative estimate of drug-likeness (QED) is 0.694. The van der Waals surface area contributed by atoms with Crippen LogP contribution in [-0.4, -0.2) is 17.1 Å². The summed E-state index contributed by atoms with van der Waals surface area (Å²) >= 11 is 0. The van der Waals surface area contributed by atoms with E-state index in [0.717, 1.165) is 34.6 Å². The van der Waals surface area contributed by atoms with E-state index < -0.39 is 0 Å². The van der Waals surface area contributed by atoms with Crippen LogP contribution in [0.1, 0.15) is 55.2 Å². The summed E-state index contributed by atoms with van der Waals surface area (Å²) in [5.74, 6) is 5.28. The van der Waals surface area contributed by atoms with Gasteiger partial charge < -0.3 is 15.4 Å². The van der Waals surface area contributed by atoms with Crippen LogP contribution in [0.5, 0.6) is 5.75 Å². The molecule has 0 unspecified atom stereocenters. The van der Waals surface area contributed by atoms with E-state index >= 15 is 0 Å². The Labute approximate surface area is 173 Å². The van der Waals surface area contributed by atoms with Gasteiger partial charge in [-0.25, -0.2) is 0 Å². The van der Waals surface area contributed by atoms with Gasteiger partial charge >= 0.3 is 6.85 Å². The van der Waals surface area contributed by atoms with Crippen molar-refractivity contribution in [1.29, 1.82) is 0 Å². The topological polar surface area (TPSA) is 52.5 Å². The van der Waals surface area contributed by atoms with E-state index in [4.69, 9.17) is 0 Å². The second-order valence-corrected chi connectivity index (χ2v) is 10.0. The number of fused-ring (bicyclic) bond motifs is 1. The molecule has 0 saturated heterocycles. The minimum Gasteiger partial charge on any atom is -0.508 e. The fourth-order valence-electron chi connectivity index (χ4n) is 7.20.